The Morgan fingerprint density at radius 1 is 1.14 bits per heavy atom. The first-order valence-corrected chi connectivity index (χ1v) is 9.42. The lowest BCUT2D eigenvalue weighted by atomic mass is 9.85. The van der Waals surface area contributed by atoms with Crippen molar-refractivity contribution >= 4 is 41.7 Å². The normalized spacial score (nSPS) is 28.0. The van der Waals surface area contributed by atoms with Gasteiger partial charge in [0.25, 0.3) is 0 Å². The summed E-state index contributed by atoms with van der Waals surface area (Å²) in [6.07, 6.45) is 7.88. The number of nitrogens with zero attached hydrogens (tertiary/aromatic N) is 1. The van der Waals surface area contributed by atoms with Crippen molar-refractivity contribution < 1.29 is 5.11 Å². The Bertz CT molecular complexity index is 353. The van der Waals surface area contributed by atoms with Crippen LogP contribution in [0, 0.1) is 0 Å². The average Bonchev–Trinajstić information content (AvgIpc) is 2.90. The molecular weight excluding hydrogens is 409 g/mol. The van der Waals surface area contributed by atoms with Gasteiger partial charge in [-0.15, -0.1) is 24.0 Å². The molecule has 0 amide bonds. The molecular formula is C16H32IN3OS. The minimum Gasteiger partial charge on any atom is -0.388 e. The number of rotatable bonds is 5. The molecule has 0 aromatic heterocycles. The van der Waals surface area contributed by atoms with E-state index in [4.69, 9.17) is 0 Å². The first-order chi connectivity index (χ1) is 10.1. The molecule has 1 saturated heterocycles. The molecule has 6 heteroatoms. The van der Waals surface area contributed by atoms with E-state index in [0.717, 1.165) is 44.7 Å². The number of halogens is 1. The maximum absolute atomic E-state index is 10.6. The van der Waals surface area contributed by atoms with E-state index < -0.39 is 5.60 Å². The van der Waals surface area contributed by atoms with Gasteiger partial charge in [-0.1, -0.05) is 19.3 Å². The summed E-state index contributed by atoms with van der Waals surface area (Å²) in [5, 5.41) is 17.3. The van der Waals surface area contributed by atoms with Gasteiger partial charge >= 0.3 is 0 Å². The van der Waals surface area contributed by atoms with Crippen molar-refractivity contribution in [3.05, 3.63) is 0 Å². The summed E-state index contributed by atoms with van der Waals surface area (Å²) in [5.74, 6) is 2.12. The fraction of sp³-hybridized carbons (Fsp3) is 0.938. The lowest BCUT2D eigenvalue weighted by Gasteiger charge is -2.31. The van der Waals surface area contributed by atoms with Crippen molar-refractivity contribution in [2.24, 2.45) is 4.99 Å². The van der Waals surface area contributed by atoms with Gasteiger partial charge in [0.05, 0.1) is 12.1 Å². The van der Waals surface area contributed by atoms with Crippen molar-refractivity contribution in [1.82, 2.24) is 10.6 Å². The number of thioether (sulfide) groups is 1. The smallest absolute Gasteiger partial charge is 0.191 e. The predicted octanol–water partition coefficient (Wildman–Crippen LogP) is 3.14. The molecule has 2 fully saturated rings. The minimum atomic E-state index is -0.577. The predicted molar refractivity (Wildman–Crippen MR) is 108 cm³/mol. The number of aliphatic imine (C=N–C) groups is 1. The van der Waals surface area contributed by atoms with Crippen LogP contribution in [0.25, 0.3) is 0 Å². The Morgan fingerprint density at radius 2 is 1.86 bits per heavy atom. The fourth-order valence-electron chi connectivity index (χ4n) is 3.18. The summed E-state index contributed by atoms with van der Waals surface area (Å²) >= 11 is 2.06. The zero-order valence-electron chi connectivity index (χ0n) is 14.0. The highest BCUT2D eigenvalue weighted by molar-refractivity contribution is 14.0. The number of aliphatic hydroxyl groups is 1. The van der Waals surface area contributed by atoms with Crippen molar-refractivity contribution in [3.63, 3.8) is 0 Å². The molecule has 4 nitrogen and oxygen atoms in total. The molecule has 0 spiro atoms. The third-order valence-corrected chi connectivity index (χ3v) is 6.13. The summed E-state index contributed by atoms with van der Waals surface area (Å²) < 4.78 is 0.331. The highest BCUT2D eigenvalue weighted by Gasteiger charge is 2.30. The first kappa shape index (κ1) is 20.4. The molecule has 22 heavy (non-hydrogen) atoms. The Hall–Kier alpha value is 0.310. The molecule has 2 aliphatic rings. The Kier molecular flexibility index (Phi) is 8.85. The minimum absolute atomic E-state index is 0. The molecule has 0 aromatic carbocycles. The molecule has 1 heterocycles. The summed E-state index contributed by atoms with van der Waals surface area (Å²) in [6, 6.07) is 0. The molecule has 1 aliphatic carbocycles. The van der Waals surface area contributed by atoms with E-state index in [9.17, 15) is 5.11 Å². The maximum atomic E-state index is 10.6. The topological polar surface area (TPSA) is 56.7 Å². The summed E-state index contributed by atoms with van der Waals surface area (Å²) in [7, 11) is 0. The number of nitrogens with one attached hydrogen (secondary N) is 2. The van der Waals surface area contributed by atoms with Gasteiger partial charge in [-0.2, -0.15) is 11.8 Å². The number of guanidine groups is 1. The van der Waals surface area contributed by atoms with Crippen LogP contribution in [0.5, 0.6) is 0 Å². The molecule has 3 N–H and O–H groups in total. The van der Waals surface area contributed by atoms with E-state index in [1.165, 1.54) is 25.0 Å². The van der Waals surface area contributed by atoms with Crippen LogP contribution in [-0.2, 0) is 0 Å². The zero-order chi connectivity index (χ0) is 15.2. The van der Waals surface area contributed by atoms with Gasteiger partial charge in [-0.05, 0) is 45.3 Å². The van der Waals surface area contributed by atoms with Crippen LogP contribution in [0.2, 0.25) is 0 Å². The molecule has 0 aromatic rings. The van der Waals surface area contributed by atoms with E-state index in [0.29, 0.717) is 11.3 Å². The average molecular weight is 441 g/mol. The van der Waals surface area contributed by atoms with Crippen molar-refractivity contribution in [2.75, 3.05) is 25.4 Å². The van der Waals surface area contributed by atoms with E-state index in [1.54, 1.807) is 0 Å². The van der Waals surface area contributed by atoms with Gasteiger partial charge in [0.1, 0.15) is 0 Å². The molecule has 1 aliphatic heterocycles. The molecule has 2 rings (SSSR count). The van der Waals surface area contributed by atoms with E-state index >= 15 is 0 Å². The molecule has 130 valence electrons. The summed E-state index contributed by atoms with van der Waals surface area (Å²) in [6.45, 7) is 6.73. The summed E-state index contributed by atoms with van der Waals surface area (Å²) in [5.41, 5.74) is -0.577. The van der Waals surface area contributed by atoms with Gasteiger partial charge < -0.3 is 15.7 Å². The molecule has 1 unspecified atom stereocenters. The van der Waals surface area contributed by atoms with Crippen LogP contribution in [0.15, 0.2) is 4.99 Å². The third-order valence-electron chi connectivity index (χ3n) is 4.59. The van der Waals surface area contributed by atoms with E-state index in [-0.39, 0.29) is 24.0 Å². The van der Waals surface area contributed by atoms with Gasteiger partial charge in [0.2, 0.25) is 0 Å². The van der Waals surface area contributed by atoms with Crippen molar-refractivity contribution in [2.45, 2.75) is 69.1 Å². The number of hydrogen-bond acceptors (Lipinski definition) is 3. The zero-order valence-corrected chi connectivity index (χ0v) is 17.1. The van der Waals surface area contributed by atoms with Crippen LogP contribution in [0.1, 0.15) is 58.8 Å². The first-order valence-electron chi connectivity index (χ1n) is 8.44. The van der Waals surface area contributed by atoms with Gasteiger partial charge in [0.15, 0.2) is 5.96 Å². The van der Waals surface area contributed by atoms with Crippen LogP contribution < -0.4 is 10.6 Å². The quantitative estimate of drug-likeness (QED) is 0.349. The Balaban J connectivity index is 0.00000242. The van der Waals surface area contributed by atoms with Crippen molar-refractivity contribution in [1.29, 1.82) is 0 Å². The van der Waals surface area contributed by atoms with E-state index in [1.807, 2.05) is 0 Å². The second-order valence-electron chi connectivity index (χ2n) is 6.74. The fourth-order valence-corrected chi connectivity index (χ4v) is 4.43. The molecule has 1 saturated carbocycles. The molecule has 1 atom stereocenters. The monoisotopic (exact) mass is 441 g/mol. The Morgan fingerprint density at radius 3 is 2.45 bits per heavy atom. The van der Waals surface area contributed by atoms with Gasteiger partial charge in [0, 0.05) is 17.8 Å². The molecule has 0 bridgehead atoms. The molecule has 0 radical (unpaired) electrons. The second kappa shape index (κ2) is 9.57. The third kappa shape index (κ3) is 6.43. The van der Waals surface area contributed by atoms with Crippen LogP contribution in [0.4, 0.5) is 0 Å². The lowest BCUT2D eigenvalue weighted by Crippen LogP contribution is -2.45. The maximum Gasteiger partial charge on any atom is 0.191 e. The highest BCUT2D eigenvalue weighted by atomic mass is 127. The Labute approximate surface area is 156 Å². The largest absolute Gasteiger partial charge is 0.388 e. The standard InChI is InChI=1S/C16H31N3OS.HI/c1-3-17-14(18-12-15(2)8-7-11-21-15)19-13-16(20)9-5-4-6-10-16;/h20H,3-13H2,1-2H3,(H2,17,18,19);1H. The van der Waals surface area contributed by atoms with E-state index in [2.05, 4.69) is 41.2 Å². The van der Waals surface area contributed by atoms with Crippen LogP contribution in [0.3, 0.4) is 0 Å². The SMILES string of the molecule is CCNC(=NCC1(O)CCCCC1)NCC1(C)CCCS1.I. The van der Waals surface area contributed by atoms with Crippen LogP contribution in [-0.4, -0.2) is 46.8 Å². The second-order valence-corrected chi connectivity index (χ2v) is 8.42. The summed E-state index contributed by atoms with van der Waals surface area (Å²) in [4.78, 5) is 4.64. The lowest BCUT2D eigenvalue weighted by molar-refractivity contribution is 0.0131. The van der Waals surface area contributed by atoms with Crippen molar-refractivity contribution in [3.8, 4) is 0 Å². The number of hydrogen-bond donors (Lipinski definition) is 3. The van der Waals surface area contributed by atoms with Crippen LogP contribution >= 0.6 is 35.7 Å². The van der Waals surface area contributed by atoms with Gasteiger partial charge in [-0.3, -0.25) is 4.99 Å². The van der Waals surface area contributed by atoms with Gasteiger partial charge in [-0.25, -0.2) is 0 Å². The highest BCUT2D eigenvalue weighted by Crippen LogP contribution is 2.36.